The molecule has 0 aromatic heterocycles. The number of hydrogen-bond donors (Lipinski definition) is 0. The van der Waals surface area contributed by atoms with Gasteiger partial charge in [-0.3, -0.25) is 0 Å². The van der Waals surface area contributed by atoms with E-state index >= 15 is 0 Å². The Morgan fingerprint density at radius 2 is 0.682 bits per heavy atom. The Balaban J connectivity index is 0.000000440. The number of halogens is 4. The van der Waals surface area contributed by atoms with E-state index in [2.05, 4.69) is 63.7 Å². The van der Waals surface area contributed by atoms with Crippen molar-refractivity contribution in [3.05, 3.63) is 42.2 Å². The second-order valence-electron chi connectivity index (χ2n) is 8.42. The van der Waals surface area contributed by atoms with E-state index in [1.165, 1.54) is 0 Å². The number of ether oxygens (including phenoxy) is 10. The van der Waals surface area contributed by atoms with Crippen LogP contribution in [0.15, 0.2) is 42.2 Å². The minimum atomic E-state index is 0.451. The smallest absolute Gasteiger partial charge is 0.162 e. The summed E-state index contributed by atoms with van der Waals surface area (Å²) in [5.41, 5.74) is 0. The molecule has 0 amide bonds. The standard InChI is InChI=1S/2C15H22Br2O5/c1-3-21-14-10-13(17)15(11-12(14)16)22-9-8-20-7-6-19-5-4-18-2;1-3-21-14-10-12(16)13(17)11-15(14)22-9-8-20-7-6-19-5-4-18-2/h2*10-11H,3-9H2,1-2H3. The largest absolute Gasteiger partial charge is 0.493 e. The van der Waals surface area contributed by atoms with Gasteiger partial charge in [-0.25, -0.2) is 0 Å². The van der Waals surface area contributed by atoms with Crippen LogP contribution in [0.4, 0.5) is 0 Å². The van der Waals surface area contributed by atoms with Crippen molar-refractivity contribution in [2.75, 3.05) is 107 Å². The molecule has 252 valence electrons. The summed E-state index contributed by atoms with van der Waals surface area (Å²) in [6.45, 7) is 11.6. The minimum Gasteiger partial charge on any atom is -0.493 e. The van der Waals surface area contributed by atoms with Gasteiger partial charge in [0.25, 0.3) is 0 Å². The van der Waals surface area contributed by atoms with Crippen LogP contribution < -0.4 is 18.9 Å². The van der Waals surface area contributed by atoms with E-state index in [1.807, 2.05) is 38.1 Å². The van der Waals surface area contributed by atoms with Crippen LogP contribution in [-0.2, 0) is 28.4 Å². The topological polar surface area (TPSA) is 92.3 Å². The Hall–Kier alpha value is -0.680. The van der Waals surface area contributed by atoms with Gasteiger partial charge >= 0.3 is 0 Å². The molecule has 14 heteroatoms. The molecule has 0 heterocycles. The first-order valence-electron chi connectivity index (χ1n) is 14.2. The Labute approximate surface area is 295 Å². The highest BCUT2D eigenvalue weighted by atomic mass is 79.9. The lowest BCUT2D eigenvalue weighted by atomic mass is 10.3. The summed E-state index contributed by atoms with van der Waals surface area (Å²) in [4.78, 5) is 0. The molecule has 0 radical (unpaired) electrons. The van der Waals surface area contributed by atoms with Gasteiger partial charge in [-0.05, 0) is 102 Å². The fourth-order valence-electron chi connectivity index (χ4n) is 3.13. The summed E-state index contributed by atoms with van der Waals surface area (Å²) in [6, 6.07) is 7.52. The van der Waals surface area contributed by atoms with E-state index in [-0.39, 0.29) is 0 Å². The zero-order valence-corrected chi connectivity index (χ0v) is 32.1. The molecule has 0 aliphatic heterocycles. The number of rotatable bonds is 24. The van der Waals surface area contributed by atoms with Gasteiger partial charge in [0.15, 0.2) is 11.5 Å². The van der Waals surface area contributed by atoms with Crippen molar-refractivity contribution in [1.82, 2.24) is 0 Å². The Bertz CT molecular complexity index is 1020. The highest BCUT2D eigenvalue weighted by Gasteiger charge is 2.10. The quantitative estimate of drug-likeness (QED) is 0.0999. The fraction of sp³-hybridized carbons (Fsp3) is 0.600. The lowest BCUT2D eigenvalue weighted by molar-refractivity contribution is 0.0177. The predicted octanol–water partition coefficient (Wildman–Crippen LogP) is 7.34. The molecule has 0 saturated carbocycles. The molecule has 0 bridgehead atoms. The second kappa shape index (κ2) is 27.4. The van der Waals surface area contributed by atoms with Crippen LogP contribution in [0.5, 0.6) is 23.0 Å². The molecule has 0 saturated heterocycles. The first-order chi connectivity index (χ1) is 21.4. The monoisotopic (exact) mass is 880 g/mol. The number of methoxy groups -OCH3 is 2. The molecule has 0 N–H and O–H groups in total. The third-order valence-electron chi connectivity index (χ3n) is 5.15. The van der Waals surface area contributed by atoms with Gasteiger partial charge in [0.05, 0.1) is 88.2 Å². The van der Waals surface area contributed by atoms with Crippen molar-refractivity contribution in [3.8, 4) is 23.0 Å². The van der Waals surface area contributed by atoms with Crippen molar-refractivity contribution in [2.45, 2.75) is 13.8 Å². The molecule has 2 aromatic carbocycles. The molecule has 0 atom stereocenters. The molecule has 10 nitrogen and oxygen atoms in total. The van der Waals surface area contributed by atoms with Crippen LogP contribution >= 0.6 is 63.7 Å². The highest BCUT2D eigenvalue weighted by Crippen LogP contribution is 2.37. The molecule has 2 aromatic rings. The molecular formula is C30H44Br4O10. The average molecular weight is 884 g/mol. The first kappa shape index (κ1) is 41.3. The van der Waals surface area contributed by atoms with E-state index in [0.717, 1.165) is 29.4 Å². The van der Waals surface area contributed by atoms with E-state index in [9.17, 15) is 0 Å². The van der Waals surface area contributed by atoms with Crippen LogP contribution in [-0.4, -0.2) is 107 Å². The molecule has 0 spiro atoms. The second-order valence-corrected chi connectivity index (χ2v) is 11.8. The molecular weight excluding hydrogens is 840 g/mol. The lowest BCUT2D eigenvalue weighted by Crippen LogP contribution is -2.12. The molecule has 0 aliphatic carbocycles. The molecule has 2 rings (SSSR count). The summed E-state index contributed by atoms with van der Waals surface area (Å²) >= 11 is 13.8. The van der Waals surface area contributed by atoms with Crippen molar-refractivity contribution in [2.24, 2.45) is 0 Å². The van der Waals surface area contributed by atoms with Gasteiger partial charge in [-0.1, -0.05) is 0 Å². The van der Waals surface area contributed by atoms with Crippen LogP contribution in [0.1, 0.15) is 13.8 Å². The van der Waals surface area contributed by atoms with Crippen LogP contribution in [0.2, 0.25) is 0 Å². The molecule has 0 fully saturated rings. The van der Waals surface area contributed by atoms with E-state index in [1.54, 1.807) is 14.2 Å². The zero-order valence-electron chi connectivity index (χ0n) is 25.8. The fourth-order valence-corrected chi connectivity index (χ4v) is 4.65. The maximum absolute atomic E-state index is 5.71. The number of benzene rings is 2. The maximum Gasteiger partial charge on any atom is 0.162 e. The van der Waals surface area contributed by atoms with E-state index in [4.69, 9.17) is 47.4 Å². The lowest BCUT2D eigenvalue weighted by Gasteiger charge is -2.13. The summed E-state index contributed by atoms with van der Waals surface area (Å²) in [7, 11) is 3.29. The predicted molar refractivity (Wildman–Crippen MR) is 184 cm³/mol. The van der Waals surface area contributed by atoms with E-state index < -0.39 is 0 Å². The Morgan fingerprint density at radius 3 is 1.09 bits per heavy atom. The first-order valence-corrected chi connectivity index (χ1v) is 17.3. The molecule has 44 heavy (non-hydrogen) atoms. The molecule has 0 aliphatic rings. The average Bonchev–Trinajstić information content (AvgIpc) is 3.00. The highest BCUT2D eigenvalue weighted by molar-refractivity contribution is 9.13. The Kier molecular flexibility index (Phi) is 25.8. The summed E-state index contributed by atoms with van der Waals surface area (Å²) in [5.74, 6) is 2.93. The normalized spacial score (nSPS) is 10.7. The maximum atomic E-state index is 5.71. The number of hydrogen-bond acceptors (Lipinski definition) is 10. The van der Waals surface area contributed by atoms with Gasteiger partial charge in [0.2, 0.25) is 0 Å². The van der Waals surface area contributed by atoms with Crippen LogP contribution in [0.25, 0.3) is 0 Å². The zero-order chi connectivity index (χ0) is 32.4. The van der Waals surface area contributed by atoms with Gasteiger partial charge in [-0.15, -0.1) is 0 Å². The molecule has 0 unspecified atom stereocenters. The van der Waals surface area contributed by atoms with Crippen molar-refractivity contribution in [1.29, 1.82) is 0 Å². The summed E-state index contributed by atoms with van der Waals surface area (Å²) in [6.07, 6.45) is 0. The van der Waals surface area contributed by atoms with Crippen molar-refractivity contribution >= 4 is 63.7 Å². The third kappa shape index (κ3) is 19.1. The Morgan fingerprint density at radius 1 is 0.386 bits per heavy atom. The minimum absolute atomic E-state index is 0.451. The van der Waals surface area contributed by atoms with Crippen LogP contribution in [0.3, 0.4) is 0 Å². The van der Waals surface area contributed by atoms with Gasteiger partial charge < -0.3 is 47.4 Å². The van der Waals surface area contributed by atoms with Crippen LogP contribution in [0, 0.1) is 0 Å². The third-order valence-corrected chi connectivity index (χ3v) is 8.23. The van der Waals surface area contributed by atoms with Crippen molar-refractivity contribution in [3.63, 3.8) is 0 Å². The summed E-state index contributed by atoms with van der Waals surface area (Å²) < 4.78 is 57.2. The van der Waals surface area contributed by atoms with Gasteiger partial charge in [0, 0.05) is 23.2 Å². The van der Waals surface area contributed by atoms with Gasteiger partial charge in [0.1, 0.15) is 24.7 Å². The van der Waals surface area contributed by atoms with E-state index in [0.29, 0.717) is 104 Å². The SMILES string of the molecule is CCOc1cc(Br)c(Br)cc1OCCOCCOCCOC.CCOc1cc(Br)c(OCCOCCOCCOC)cc1Br. The summed E-state index contributed by atoms with van der Waals surface area (Å²) in [5, 5.41) is 0. The van der Waals surface area contributed by atoms with Gasteiger partial charge in [-0.2, -0.15) is 0 Å². The van der Waals surface area contributed by atoms with Crippen molar-refractivity contribution < 1.29 is 47.4 Å².